The highest BCUT2D eigenvalue weighted by Gasteiger charge is 2.32. The van der Waals surface area contributed by atoms with E-state index in [0.717, 1.165) is 23.7 Å². The Morgan fingerprint density at radius 2 is 1.89 bits per heavy atom. The molecule has 0 aliphatic heterocycles. The Morgan fingerprint density at radius 1 is 1.28 bits per heavy atom. The first kappa shape index (κ1) is 14.0. The molecule has 1 aromatic rings. The number of hydrogen-bond donors (Lipinski definition) is 1. The topological polar surface area (TPSA) is 46.2 Å². The first-order valence-electron chi connectivity index (χ1n) is 6.10. The number of sulfonamides is 1. The zero-order valence-corrected chi connectivity index (χ0v) is 12.9. The summed E-state index contributed by atoms with van der Waals surface area (Å²) in [6.07, 6.45) is 3.42. The number of hydrogen-bond acceptors (Lipinski definition) is 2. The molecule has 0 atom stereocenters. The second kappa shape index (κ2) is 5.31. The van der Waals surface area contributed by atoms with Gasteiger partial charge in [0.15, 0.2) is 0 Å². The summed E-state index contributed by atoms with van der Waals surface area (Å²) in [6.45, 7) is 2.67. The van der Waals surface area contributed by atoms with E-state index in [9.17, 15) is 8.42 Å². The lowest BCUT2D eigenvalue weighted by atomic mass is 9.71. The second-order valence-corrected chi connectivity index (χ2v) is 7.59. The molecule has 1 N–H and O–H groups in total. The Morgan fingerprint density at radius 3 is 2.33 bits per heavy atom. The maximum absolute atomic E-state index is 12.1. The fourth-order valence-electron chi connectivity index (χ4n) is 2.07. The molecule has 18 heavy (non-hydrogen) atoms. The summed E-state index contributed by atoms with van der Waals surface area (Å²) in [5.74, 6) is 0. The largest absolute Gasteiger partial charge is 0.240 e. The van der Waals surface area contributed by atoms with Crippen molar-refractivity contribution in [2.24, 2.45) is 5.41 Å². The van der Waals surface area contributed by atoms with Crippen molar-refractivity contribution in [2.45, 2.75) is 36.4 Å². The van der Waals surface area contributed by atoms with Gasteiger partial charge in [-0.25, -0.2) is 13.1 Å². The molecule has 0 spiro atoms. The van der Waals surface area contributed by atoms with Crippen LogP contribution in [0, 0.1) is 5.41 Å². The minimum atomic E-state index is -3.36. The molecule has 0 aromatic heterocycles. The molecule has 1 saturated carbocycles. The SMILES string of the molecule is CC1(CNS(=O)(=O)c2ccc(CBr)cc2)CCC1. The van der Waals surface area contributed by atoms with Gasteiger partial charge in [-0.15, -0.1) is 0 Å². The van der Waals surface area contributed by atoms with Crippen LogP contribution < -0.4 is 4.72 Å². The molecule has 100 valence electrons. The Balaban J connectivity index is 2.05. The van der Waals surface area contributed by atoms with Gasteiger partial charge in [-0.3, -0.25) is 0 Å². The fraction of sp³-hybridized carbons (Fsp3) is 0.538. The maximum atomic E-state index is 12.1. The monoisotopic (exact) mass is 331 g/mol. The fourth-order valence-corrected chi connectivity index (χ4v) is 3.64. The summed E-state index contributed by atoms with van der Waals surface area (Å²) in [6, 6.07) is 6.97. The lowest BCUT2D eigenvalue weighted by molar-refractivity contribution is 0.166. The molecule has 0 bridgehead atoms. The van der Waals surface area contributed by atoms with E-state index >= 15 is 0 Å². The first-order valence-corrected chi connectivity index (χ1v) is 8.70. The van der Waals surface area contributed by atoms with Crippen LogP contribution in [-0.2, 0) is 15.4 Å². The third-order valence-electron chi connectivity index (χ3n) is 3.64. The molecule has 0 saturated heterocycles. The number of benzene rings is 1. The zero-order chi connectivity index (χ0) is 13.2. The lowest BCUT2D eigenvalue weighted by Crippen LogP contribution is -2.39. The van der Waals surface area contributed by atoms with Crippen LogP contribution >= 0.6 is 15.9 Å². The lowest BCUT2D eigenvalue weighted by Gasteiger charge is -2.38. The van der Waals surface area contributed by atoms with Gasteiger partial charge in [0.1, 0.15) is 0 Å². The van der Waals surface area contributed by atoms with Gasteiger partial charge in [-0.1, -0.05) is 41.4 Å². The van der Waals surface area contributed by atoms with E-state index in [1.807, 2.05) is 12.1 Å². The van der Waals surface area contributed by atoms with Gasteiger partial charge in [-0.2, -0.15) is 0 Å². The summed E-state index contributed by atoms with van der Waals surface area (Å²) in [5.41, 5.74) is 1.22. The van der Waals surface area contributed by atoms with Crippen LogP contribution in [0.3, 0.4) is 0 Å². The minimum Gasteiger partial charge on any atom is -0.211 e. The van der Waals surface area contributed by atoms with E-state index in [1.54, 1.807) is 12.1 Å². The van der Waals surface area contributed by atoms with Crippen molar-refractivity contribution < 1.29 is 8.42 Å². The number of alkyl halides is 1. The molecular weight excluding hydrogens is 314 g/mol. The van der Waals surface area contributed by atoms with E-state index < -0.39 is 10.0 Å². The van der Waals surface area contributed by atoms with E-state index in [2.05, 4.69) is 27.6 Å². The molecule has 0 amide bonds. The second-order valence-electron chi connectivity index (χ2n) is 5.27. The summed E-state index contributed by atoms with van der Waals surface area (Å²) >= 11 is 3.34. The molecule has 5 heteroatoms. The summed E-state index contributed by atoms with van der Waals surface area (Å²) in [7, 11) is -3.36. The third kappa shape index (κ3) is 3.13. The molecule has 0 radical (unpaired) electrons. The molecule has 1 aliphatic carbocycles. The predicted octanol–water partition coefficient (Wildman–Crippen LogP) is 3.05. The smallest absolute Gasteiger partial charge is 0.211 e. The van der Waals surface area contributed by atoms with Crippen molar-refractivity contribution in [3.05, 3.63) is 29.8 Å². The molecule has 1 aliphatic rings. The Hall–Kier alpha value is -0.390. The van der Waals surface area contributed by atoms with Crippen molar-refractivity contribution in [3.63, 3.8) is 0 Å². The Kier molecular flexibility index (Phi) is 4.14. The van der Waals surface area contributed by atoms with Gasteiger partial charge < -0.3 is 0 Å². The molecule has 2 rings (SSSR count). The highest BCUT2D eigenvalue weighted by atomic mass is 79.9. The Bertz CT molecular complexity index is 506. The number of rotatable bonds is 5. The normalized spacial score (nSPS) is 18.3. The molecule has 3 nitrogen and oxygen atoms in total. The summed E-state index contributed by atoms with van der Waals surface area (Å²) in [4.78, 5) is 0.343. The average molecular weight is 332 g/mol. The minimum absolute atomic E-state index is 0.156. The molecule has 1 fully saturated rings. The highest BCUT2D eigenvalue weighted by molar-refractivity contribution is 9.08. The van der Waals surface area contributed by atoms with Crippen molar-refractivity contribution >= 4 is 26.0 Å². The quantitative estimate of drug-likeness (QED) is 0.843. The first-order chi connectivity index (χ1) is 8.45. The summed E-state index contributed by atoms with van der Waals surface area (Å²) in [5, 5.41) is 0.735. The van der Waals surface area contributed by atoms with Gasteiger partial charge in [-0.05, 0) is 36.0 Å². The predicted molar refractivity (Wildman–Crippen MR) is 76.2 cm³/mol. The van der Waals surface area contributed by atoms with Crippen LogP contribution in [0.5, 0.6) is 0 Å². The van der Waals surface area contributed by atoms with Crippen molar-refractivity contribution in [1.82, 2.24) is 4.72 Å². The van der Waals surface area contributed by atoms with Crippen molar-refractivity contribution in [1.29, 1.82) is 0 Å². The number of halogens is 1. The van der Waals surface area contributed by atoms with E-state index in [1.165, 1.54) is 6.42 Å². The van der Waals surface area contributed by atoms with Gasteiger partial charge in [0, 0.05) is 11.9 Å². The van der Waals surface area contributed by atoms with Crippen LogP contribution in [0.15, 0.2) is 29.2 Å². The average Bonchev–Trinajstić information content (AvgIpc) is 2.34. The van der Waals surface area contributed by atoms with Crippen LogP contribution in [0.1, 0.15) is 31.7 Å². The van der Waals surface area contributed by atoms with E-state index in [0.29, 0.717) is 11.4 Å². The van der Waals surface area contributed by atoms with Crippen LogP contribution in [-0.4, -0.2) is 15.0 Å². The van der Waals surface area contributed by atoms with Crippen molar-refractivity contribution in [3.8, 4) is 0 Å². The van der Waals surface area contributed by atoms with Crippen molar-refractivity contribution in [2.75, 3.05) is 6.54 Å². The number of nitrogens with one attached hydrogen (secondary N) is 1. The maximum Gasteiger partial charge on any atom is 0.240 e. The zero-order valence-electron chi connectivity index (χ0n) is 10.4. The van der Waals surface area contributed by atoms with E-state index in [-0.39, 0.29) is 5.41 Å². The molecule has 0 unspecified atom stereocenters. The van der Waals surface area contributed by atoms with Crippen LogP contribution in [0.25, 0.3) is 0 Å². The van der Waals surface area contributed by atoms with Gasteiger partial charge >= 0.3 is 0 Å². The standard InChI is InChI=1S/C13H18BrNO2S/c1-13(7-2-8-13)10-15-18(16,17)12-5-3-11(9-14)4-6-12/h3-6,15H,2,7-10H2,1H3. The van der Waals surface area contributed by atoms with Crippen LogP contribution in [0.2, 0.25) is 0 Å². The highest BCUT2D eigenvalue weighted by Crippen LogP contribution is 2.39. The van der Waals surface area contributed by atoms with Gasteiger partial charge in [0.25, 0.3) is 0 Å². The molecule has 0 heterocycles. The third-order valence-corrected chi connectivity index (χ3v) is 5.70. The molecular formula is C13H18BrNO2S. The van der Waals surface area contributed by atoms with E-state index in [4.69, 9.17) is 0 Å². The molecule has 1 aromatic carbocycles. The Labute approximate surface area is 117 Å². The summed E-state index contributed by atoms with van der Waals surface area (Å²) < 4.78 is 26.9. The van der Waals surface area contributed by atoms with Gasteiger partial charge in [0.05, 0.1) is 4.90 Å². The van der Waals surface area contributed by atoms with Gasteiger partial charge in [0.2, 0.25) is 10.0 Å². The van der Waals surface area contributed by atoms with Crippen LogP contribution in [0.4, 0.5) is 0 Å².